The highest BCUT2D eigenvalue weighted by molar-refractivity contribution is 5.99. The summed E-state index contributed by atoms with van der Waals surface area (Å²) in [6, 6.07) is 3.86. The minimum Gasteiger partial charge on any atom is -0.490 e. The molecular formula is C17H24O3. The lowest BCUT2D eigenvalue weighted by molar-refractivity contribution is 0.0934. The first-order valence-corrected chi connectivity index (χ1v) is 7.42. The summed E-state index contributed by atoms with van der Waals surface area (Å²) in [5.41, 5.74) is 1.96. The highest BCUT2D eigenvalue weighted by atomic mass is 16.5. The zero-order chi connectivity index (χ0) is 14.8. The largest absolute Gasteiger partial charge is 0.490 e. The number of fused-ring (bicyclic) bond motifs is 1. The molecule has 0 saturated carbocycles. The van der Waals surface area contributed by atoms with Crippen LogP contribution in [0.4, 0.5) is 0 Å². The summed E-state index contributed by atoms with van der Waals surface area (Å²) >= 11 is 0. The van der Waals surface area contributed by atoms with Gasteiger partial charge in [-0.1, -0.05) is 13.8 Å². The van der Waals surface area contributed by atoms with E-state index in [1.807, 2.05) is 26.0 Å². The van der Waals surface area contributed by atoms with Gasteiger partial charge in [-0.15, -0.1) is 0 Å². The van der Waals surface area contributed by atoms with Gasteiger partial charge >= 0.3 is 0 Å². The van der Waals surface area contributed by atoms with E-state index in [9.17, 15) is 4.79 Å². The van der Waals surface area contributed by atoms with Crippen molar-refractivity contribution in [1.82, 2.24) is 0 Å². The molecule has 1 aromatic rings. The van der Waals surface area contributed by atoms with E-state index in [4.69, 9.17) is 9.47 Å². The van der Waals surface area contributed by atoms with Crippen LogP contribution in [0.2, 0.25) is 0 Å². The second-order valence-electron chi connectivity index (χ2n) is 6.09. The van der Waals surface area contributed by atoms with Gasteiger partial charge in [-0.2, -0.15) is 0 Å². The van der Waals surface area contributed by atoms with Gasteiger partial charge in [0.2, 0.25) is 0 Å². The predicted octanol–water partition coefficient (Wildman–Crippen LogP) is 4.03. The van der Waals surface area contributed by atoms with E-state index < -0.39 is 0 Å². The van der Waals surface area contributed by atoms with Crippen molar-refractivity contribution >= 4 is 5.78 Å². The maximum absolute atomic E-state index is 12.5. The molecule has 1 aliphatic carbocycles. The highest BCUT2D eigenvalue weighted by Crippen LogP contribution is 2.38. The predicted molar refractivity (Wildman–Crippen MR) is 79.8 cm³/mol. The summed E-state index contributed by atoms with van der Waals surface area (Å²) in [6.07, 6.45) is 2.53. The van der Waals surface area contributed by atoms with Gasteiger partial charge in [0.15, 0.2) is 17.3 Å². The molecule has 0 spiro atoms. The average Bonchev–Trinajstić information content (AvgIpc) is 2.48. The number of ether oxygens (including phenoxy) is 2. The Labute approximate surface area is 121 Å². The molecule has 1 aliphatic rings. The molecule has 0 aromatic heterocycles. The van der Waals surface area contributed by atoms with Crippen molar-refractivity contribution in [2.45, 2.75) is 47.0 Å². The molecular weight excluding hydrogens is 252 g/mol. The Morgan fingerprint density at radius 3 is 2.30 bits per heavy atom. The molecule has 3 nitrogen and oxygen atoms in total. The number of hydrogen-bond acceptors (Lipinski definition) is 3. The minimum absolute atomic E-state index is 0.0632. The van der Waals surface area contributed by atoms with E-state index in [-0.39, 0.29) is 11.2 Å². The summed E-state index contributed by atoms with van der Waals surface area (Å²) in [7, 11) is 0. The van der Waals surface area contributed by atoms with Crippen molar-refractivity contribution in [2.24, 2.45) is 5.41 Å². The molecule has 0 unspecified atom stereocenters. The fourth-order valence-electron chi connectivity index (χ4n) is 2.70. The van der Waals surface area contributed by atoms with E-state index in [0.29, 0.717) is 25.4 Å². The van der Waals surface area contributed by atoms with Crippen molar-refractivity contribution < 1.29 is 14.3 Å². The number of ketones is 1. The molecule has 0 N–H and O–H groups in total. The third kappa shape index (κ3) is 3.14. The van der Waals surface area contributed by atoms with E-state index in [1.54, 1.807) is 0 Å². The molecule has 110 valence electrons. The van der Waals surface area contributed by atoms with Crippen LogP contribution >= 0.6 is 0 Å². The van der Waals surface area contributed by atoms with Gasteiger partial charge in [-0.05, 0) is 49.8 Å². The van der Waals surface area contributed by atoms with Crippen LogP contribution in [-0.4, -0.2) is 19.0 Å². The molecule has 0 amide bonds. The van der Waals surface area contributed by atoms with Crippen LogP contribution in [0.5, 0.6) is 11.5 Å². The maximum Gasteiger partial charge on any atom is 0.163 e. The first-order valence-electron chi connectivity index (χ1n) is 7.42. The lowest BCUT2D eigenvalue weighted by atomic mass is 9.84. The quantitative estimate of drug-likeness (QED) is 0.779. The molecule has 0 aliphatic heterocycles. The Hall–Kier alpha value is -1.51. The van der Waals surface area contributed by atoms with Crippen molar-refractivity contribution in [3.63, 3.8) is 0 Å². The summed E-state index contributed by atoms with van der Waals surface area (Å²) in [6.45, 7) is 9.37. The summed E-state index contributed by atoms with van der Waals surface area (Å²) < 4.78 is 11.3. The third-order valence-corrected chi connectivity index (χ3v) is 3.78. The number of benzene rings is 1. The molecule has 0 bridgehead atoms. The number of rotatable bonds is 4. The molecule has 0 atom stereocenters. The maximum atomic E-state index is 12.5. The van der Waals surface area contributed by atoms with Crippen LogP contribution < -0.4 is 9.47 Å². The standard InChI is InChI=1S/C17H24O3/c1-5-19-15-9-12-7-8-17(3,4)11-14(18)13(12)10-16(15)20-6-2/h9-10H,5-8,11H2,1-4H3. The zero-order valence-electron chi connectivity index (χ0n) is 12.9. The van der Waals surface area contributed by atoms with E-state index in [1.165, 1.54) is 0 Å². The van der Waals surface area contributed by atoms with Gasteiger partial charge in [0, 0.05) is 12.0 Å². The van der Waals surface area contributed by atoms with Gasteiger partial charge in [0.1, 0.15) is 0 Å². The van der Waals surface area contributed by atoms with Crippen molar-refractivity contribution in [1.29, 1.82) is 0 Å². The van der Waals surface area contributed by atoms with E-state index in [0.717, 1.165) is 29.7 Å². The highest BCUT2D eigenvalue weighted by Gasteiger charge is 2.29. The number of carbonyl (C=O) groups excluding carboxylic acids is 1. The summed E-state index contributed by atoms with van der Waals surface area (Å²) in [5, 5.41) is 0. The summed E-state index contributed by atoms with van der Waals surface area (Å²) in [5.74, 6) is 1.65. The normalized spacial score (nSPS) is 17.3. The smallest absolute Gasteiger partial charge is 0.163 e. The Bertz CT molecular complexity index is 503. The fraction of sp³-hybridized carbons (Fsp3) is 0.588. The van der Waals surface area contributed by atoms with Gasteiger partial charge < -0.3 is 9.47 Å². The van der Waals surface area contributed by atoms with Gasteiger partial charge in [-0.25, -0.2) is 0 Å². The Morgan fingerprint density at radius 2 is 1.70 bits per heavy atom. The van der Waals surface area contributed by atoms with Crippen LogP contribution in [0.15, 0.2) is 12.1 Å². The number of hydrogen-bond donors (Lipinski definition) is 0. The SMILES string of the molecule is CCOc1cc2c(cc1OCC)C(=O)CC(C)(C)CC2. The van der Waals surface area contributed by atoms with Crippen LogP contribution in [0.1, 0.15) is 56.5 Å². The van der Waals surface area contributed by atoms with E-state index in [2.05, 4.69) is 13.8 Å². The minimum atomic E-state index is 0.0632. The molecule has 0 radical (unpaired) electrons. The van der Waals surface area contributed by atoms with Gasteiger partial charge in [-0.3, -0.25) is 4.79 Å². The number of carbonyl (C=O) groups is 1. The molecule has 0 saturated heterocycles. The Balaban J connectivity index is 2.44. The van der Waals surface area contributed by atoms with Crippen molar-refractivity contribution in [3.8, 4) is 11.5 Å². The lowest BCUT2D eigenvalue weighted by Crippen LogP contribution is -2.14. The van der Waals surface area contributed by atoms with Crippen LogP contribution in [0, 0.1) is 5.41 Å². The lowest BCUT2D eigenvalue weighted by Gasteiger charge is -2.20. The van der Waals surface area contributed by atoms with Gasteiger partial charge in [0.25, 0.3) is 0 Å². The first-order chi connectivity index (χ1) is 9.46. The third-order valence-electron chi connectivity index (χ3n) is 3.78. The first kappa shape index (κ1) is 14.9. The molecule has 1 aromatic carbocycles. The topological polar surface area (TPSA) is 35.5 Å². The monoisotopic (exact) mass is 276 g/mol. The molecule has 20 heavy (non-hydrogen) atoms. The molecule has 2 rings (SSSR count). The average molecular weight is 276 g/mol. The molecule has 0 fully saturated rings. The molecule has 3 heteroatoms. The second-order valence-corrected chi connectivity index (χ2v) is 6.09. The second kappa shape index (κ2) is 5.86. The van der Waals surface area contributed by atoms with Crippen molar-refractivity contribution in [3.05, 3.63) is 23.3 Å². The van der Waals surface area contributed by atoms with Crippen LogP contribution in [0.3, 0.4) is 0 Å². The van der Waals surface area contributed by atoms with Crippen LogP contribution in [0.25, 0.3) is 0 Å². The fourth-order valence-corrected chi connectivity index (χ4v) is 2.70. The molecule has 0 heterocycles. The zero-order valence-corrected chi connectivity index (χ0v) is 12.9. The van der Waals surface area contributed by atoms with E-state index >= 15 is 0 Å². The van der Waals surface area contributed by atoms with Crippen molar-refractivity contribution in [2.75, 3.05) is 13.2 Å². The number of Topliss-reactive ketones (excluding diaryl/α,β-unsaturated/α-hetero) is 1. The number of aryl methyl sites for hydroxylation is 1. The Kier molecular flexibility index (Phi) is 4.36. The van der Waals surface area contributed by atoms with Crippen LogP contribution in [-0.2, 0) is 6.42 Å². The Morgan fingerprint density at radius 1 is 1.10 bits per heavy atom. The van der Waals surface area contributed by atoms with Gasteiger partial charge in [0.05, 0.1) is 13.2 Å². The summed E-state index contributed by atoms with van der Waals surface area (Å²) in [4.78, 5) is 12.5.